The van der Waals surface area contributed by atoms with Crippen LogP contribution in [-0.4, -0.2) is 176 Å². The first-order valence-corrected chi connectivity index (χ1v) is 33.1. The predicted molar refractivity (Wildman–Crippen MR) is 351 cm³/mol. The highest BCUT2D eigenvalue weighted by Crippen LogP contribution is 2.21. The number of unbranched alkanes of at least 4 members (excludes halogenated alkanes) is 6. The Kier molecular flexibility index (Phi) is 34.2. The second-order valence-corrected chi connectivity index (χ2v) is 24.3. The van der Waals surface area contributed by atoms with Gasteiger partial charge in [0.15, 0.2) is 0 Å². The number of amides is 10. The number of fused-ring (bicyclic) bond motifs is 1. The van der Waals surface area contributed by atoms with Crippen molar-refractivity contribution in [1.29, 1.82) is 0 Å². The molecular formula is C63H91N13O14S2. The predicted octanol–water partition coefficient (Wildman–Crippen LogP) is 0.737. The van der Waals surface area contributed by atoms with E-state index in [9.17, 15) is 58.5 Å². The lowest BCUT2D eigenvalue weighted by molar-refractivity contribution is -0.139. The van der Waals surface area contributed by atoms with Gasteiger partial charge >= 0.3 is 5.97 Å². The SMILES string of the molecule is CCCCCCCCC(NC(=O)[C@@H](NC(=O)[C@H](CSCNC(C)=O)NC(=O)[C@H](CCCCN)NC(=O)[C@@H](Cc1c[nH]c2ccccc12)NC(=O)[C@H](Cc1ccc(O)cc1)NC(=O)[C@H](CSCNC(C)=O)NC(=O)[C@H](N)Cc1ccccc1)[C@@H](C)O)C(=O)NCC(=O)O. The van der Waals surface area contributed by atoms with Crippen LogP contribution in [0.4, 0.5) is 0 Å². The smallest absolute Gasteiger partial charge is 0.322 e. The Labute approximate surface area is 544 Å². The fraction of sp³-hybridized carbons (Fsp3) is 0.508. The lowest BCUT2D eigenvalue weighted by Gasteiger charge is -2.28. The minimum Gasteiger partial charge on any atom is -0.508 e. The second kappa shape index (κ2) is 41.3. The van der Waals surface area contributed by atoms with E-state index >= 15 is 9.59 Å². The maximum Gasteiger partial charge on any atom is 0.322 e. The van der Waals surface area contributed by atoms with Gasteiger partial charge in [0.25, 0.3) is 0 Å². The summed E-state index contributed by atoms with van der Waals surface area (Å²) in [4.78, 5) is 153. The molecule has 10 amide bonds. The molecule has 0 aliphatic rings. The number of hydrogen-bond acceptors (Lipinski definition) is 17. The molecule has 0 aliphatic heterocycles. The average Bonchev–Trinajstić information content (AvgIpc) is 1.72. The van der Waals surface area contributed by atoms with Crippen LogP contribution in [0.5, 0.6) is 5.75 Å². The zero-order chi connectivity index (χ0) is 67.5. The van der Waals surface area contributed by atoms with E-state index in [2.05, 4.69) is 65.1 Å². The Balaban J connectivity index is 1.69. The van der Waals surface area contributed by atoms with Crippen molar-refractivity contribution in [2.45, 2.75) is 166 Å². The van der Waals surface area contributed by atoms with Crippen molar-refractivity contribution < 1.29 is 68.1 Å². The number of H-pyrrole nitrogens is 1. The molecule has 27 nitrogen and oxygen atoms in total. The van der Waals surface area contributed by atoms with E-state index in [0.29, 0.717) is 41.3 Å². The number of rotatable bonds is 43. The molecule has 4 aromatic rings. The Morgan fingerprint density at radius 2 is 1.00 bits per heavy atom. The highest BCUT2D eigenvalue weighted by molar-refractivity contribution is 7.99. The third kappa shape index (κ3) is 28.1. The highest BCUT2D eigenvalue weighted by atomic mass is 32.2. The minimum atomic E-state index is -1.72. The van der Waals surface area contributed by atoms with Gasteiger partial charge in [-0.15, -0.1) is 23.5 Å². The number of carbonyl (C=O) groups is 11. The van der Waals surface area contributed by atoms with Crippen LogP contribution < -0.4 is 64.6 Å². The number of nitrogens with two attached hydrogens (primary N) is 2. The van der Waals surface area contributed by atoms with E-state index in [4.69, 9.17) is 11.5 Å². The van der Waals surface area contributed by atoms with Gasteiger partial charge in [-0.1, -0.05) is 106 Å². The largest absolute Gasteiger partial charge is 0.508 e. The Hall–Kier alpha value is -8.25. The molecule has 18 N–H and O–H groups in total. The third-order valence-corrected chi connectivity index (χ3v) is 16.4. The van der Waals surface area contributed by atoms with Gasteiger partial charge in [0.1, 0.15) is 54.6 Å². The number of benzene rings is 3. The zero-order valence-corrected chi connectivity index (χ0v) is 54.2. The lowest BCUT2D eigenvalue weighted by atomic mass is 10.0. The van der Waals surface area contributed by atoms with Gasteiger partial charge in [-0.2, -0.15) is 0 Å². The van der Waals surface area contributed by atoms with Crippen LogP contribution in [0, 0.1) is 0 Å². The van der Waals surface area contributed by atoms with E-state index in [0.717, 1.165) is 54.8 Å². The van der Waals surface area contributed by atoms with Crippen LogP contribution in [0.15, 0.2) is 85.1 Å². The number of para-hydroxylation sites is 1. The molecule has 29 heteroatoms. The summed E-state index contributed by atoms with van der Waals surface area (Å²) in [6, 6.07) is 10.6. The summed E-state index contributed by atoms with van der Waals surface area (Å²) in [6.07, 6.45) is 5.53. The third-order valence-electron chi connectivity index (χ3n) is 14.6. The number of phenols is 1. The molecule has 0 saturated heterocycles. The van der Waals surface area contributed by atoms with Gasteiger partial charge in [-0.25, -0.2) is 0 Å². The molecule has 0 aliphatic carbocycles. The molecule has 504 valence electrons. The first kappa shape index (κ1) is 76.2. The van der Waals surface area contributed by atoms with Gasteiger partial charge < -0.3 is 84.9 Å². The van der Waals surface area contributed by atoms with Crippen LogP contribution in [0.1, 0.15) is 109 Å². The zero-order valence-electron chi connectivity index (χ0n) is 52.5. The van der Waals surface area contributed by atoms with Gasteiger partial charge in [-0.05, 0) is 80.5 Å². The standard InChI is InChI=1S/C63H91N13O14S2/c1-5-6-7-8-9-13-22-48(57(84)67-33-54(81)82)71-63(90)55(38(2)77)76-62(89)53(35-92-37-69-40(4)79)75-58(85)49(23-16-17-28-64)70-60(87)51(31-43-32-66-47-21-15-14-20-45(43)47)73-59(86)50(30-42-24-26-44(80)27-25-42)72-61(88)52(34-91-36-68-39(3)78)74-56(83)46(65)29-41-18-11-10-12-19-41/h10-12,14-15,18-21,24-27,32,38,46,48-53,55,66,77,80H,5-9,13,16-17,22-23,28-31,33-37,64-65H2,1-4H3,(H,67,84)(H,68,78)(H,69,79)(H,70,87)(H,71,90)(H,72,88)(H,73,86)(H,74,83)(H,75,85)(H,76,89)(H,81,82)/t38-,46-,48?,49+,50+,51-,52+,53+,55+/m1/s1. The highest BCUT2D eigenvalue weighted by Gasteiger charge is 2.36. The molecule has 0 spiro atoms. The van der Waals surface area contributed by atoms with Crippen LogP contribution in [0.25, 0.3) is 10.9 Å². The van der Waals surface area contributed by atoms with Crippen LogP contribution in [0.2, 0.25) is 0 Å². The number of aromatic hydroxyl groups is 1. The molecule has 1 heterocycles. The van der Waals surface area contributed by atoms with Gasteiger partial charge in [0.05, 0.1) is 23.9 Å². The van der Waals surface area contributed by atoms with E-state index in [1.54, 1.807) is 54.7 Å². The lowest BCUT2D eigenvalue weighted by Crippen LogP contribution is -2.62. The number of carboxylic acid groups (broad SMARTS) is 1. The summed E-state index contributed by atoms with van der Waals surface area (Å²) in [6.45, 7) is 5.34. The molecule has 0 bridgehead atoms. The van der Waals surface area contributed by atoms with Crippen molar-refractivity contribution in [2.75, 3.05) is 36.3 Å². The van der Waals surface area contributed by atoms with Crippen molar-refractivity contribution in [3.8, 4) is 5.75 Å². The molecule has 4 rings (SSSR count). The van der Waals surface area contributed by atoms with E-state index in [1.165, 1.54) is 45.0 Å². The number of thioether (sulfide) groups is 2. The number of aliphatic hydroxyl groups is 1. The van der Waals surface area contributed by atoms with Gasteiger partial charge in [0.2, 0.25) is 59.1 Å². The monoisotopic (exact) mass is 1320 g/mol. The fourth-order valence-corrected chi connectivity index (χ4v) is 11.3. The van der Waals surface area contributed by atoms with Crippen molar-refractivity contribution in [3.05, 3.63) is 102 Å². The molecule has 0 radical (unpaired) electrons. The average molecular weight is 1320 g/mol. The topological polar surface area (TPSA) is 437 Å². The minimum absolute atomic E-state index is 0.0310. The molecule has 1 aromatic heterocycles. The fourth-order valence-electron chi connectivity index (χ4n) is 9.53. The maximum absolute atomic E-state index is 15.1. The molecular weight excluding hydrogens is 1230 g/mol. The number of aromatic amines is 1. The molecule has 3 aromatic carbocycles. The normalized spacial score (nSPS) is 14.0. The van der Waals surface area contributed by atoms with Crippen LogP contribution >= 0.6 is 23.5 Å². The number of nitrogens with one attached hydrogen (secondary N) is 11. The number of aromatic nitrogens is 1. The van der Waals surface area contributed by atoms with Gasteiger partial charge in [-0.3, -0.25) is 52.7 Å². The van der Waals surface area contributed by atoms with Crippen molar-refractivity contribution >= 4 is 99.5 Å². The number of carboxylic acids is 1. The number of hydrogen-bond donors (Lipinski definition) is 16. The van der Waals surface area contributed by atoms with Gasteiger partial charge in [0, 0.05) is 55.3 Å². The van der Waals surface area contributed by atoms with Crippen LogP contribution in [-0.2, 0) is 72.0 Å². The molecule has 9 atom stereocenters. The Bertz CT molecular complexity index is 3050. The summed E-state index contributed by atoms with van der Waals surface area (Å²) >= 11 is 2.12. The number of aliphatic hydroxyl groups excluding tert-OH is 1. The Morgan fingerprint density at radius 1 is 0.522 bits per heavy atom. The van der Waals surface area contributed by atoms with Crippen molar-refractivity contribution in [1.82, 2.24) is 58.2 Å². The first-order valence-electron chi connectivity index (χ1n) is 30.8. The number of aliphatic carboxylic acids is 1. The van der Waals surface area contributed by atoms with Crippen LogP contribution in [0.3, 0.4) is 0 Å². The quantitative estimate of drug-likeness (QED) is 0.0215. The van der Waals surface area contributed by atoms with Crippen molar-refractivity contribution in [3.63, 3.8) is 0 Å². The maximum atomic E-state index is 15.1. The molecule has 1 unspecified atom stereocenters. The summed E-state index contributed by atoms with van der Waals surface area (Å²) in [5.41, 5.74) is 14.7. The molecule has 0 fully saturated rings. The molecule has 92 heavy (non-hydrogen) atoms. The number of carbonyl (C=O) groups excluding carboxylic acids is 10. The van der Waals surface area contributed by atoms with E-state index in [-0.39, 0.29) is 80.0 Å². The first-order chi connectivity index (χ1) is 44.0. The molecule has 0 saturated carbocycles. The second-order valence-electron chi connectivity index (χ2n) is 22.3. The summed E-state index contributed by atoms with van der Waals surface area (Å²) in [5.74, 6) is -9.37. The summed E-state index contributed by atoms with van der Waals surface area (Å²) in [5, 5.41) is 57.3. The number of phenolic OH excluding ortho intramolecular Hbond substituents is 1. The summed E-state index contributed by atoms with van der Waals surface area (Å²) in [7, 11) is 0. The summed E-state index contributed by atoms with van der Waals surface area (Å²) < 4.78 is 0. The Morgan fingerprint density at radius 3 is 1.59 bits per heavy atom. The van der Waals surface area contributed by atoms with Crippen molar-refractivity contribution in [2.24, 2.45) is 11.5 Å². The van der Waals surface area contributed by atoms with E-state index in [1.807, 2.05) is 6.07 Å². The van der Waals surface area contributed by atoms with E-state index < -0.39 is 120 Å².